The van der Waals surface area contributed by atoms with Gasteiger partial charge in [0.05, 0.1) is 0 Å². The largest absolute Gasteiger partial charge is 0.378 e. The van der Waals surface area contributed by atoms with Crippen LogP contribution in [-0.2, 0) is 11.3 Å². The lowest BCUT2D eigenvalue weighted by molar-refractivity contribution is -0.130. The summed E-state index contributed by atoms with van der Waals surface area (Å²) < 4.78 is 0. The smallest absolute Gasteiger partial charge is 0.253 e. The van der Waals surface area contributed by atoms with Gasteiger partial charge in [-0.25, -0.2) is 0 Å². The van der Waals surface area contributed by atoms with E-state index in [-0.39, 0.29) is 11.9 Å². The molecule has 0 unspecified atom stereocenters. The molecular formula is C20H24N2O2. The van der Waals surface area contributed by atoms with Gasteiger partial charge < -0.3 is 10.4 Å². The van der Waals surface area contributed by atoms with E-state index < -0.39 is 6.10 Å². The van der Waals surface area contributed by atoms with Crippen LogP contribution in [0.25, 0.3) is 0 Å². The summed E-state index contributed by atoms with van der Waals surface area (Å²) in [6.45, 7) is 2.76. The average molecular weight is 324 g/mol. The van der Waals surface area contributed by atoms with Gasteiger partial charge in [0.25, 0.3) is 5.91 Å². The summed E-state index contributed by atoms with van der Waals surface area (Å²) in [6, 6.07) is 19.5. The van der Waals surface area contributed by atoms with Crippen molar-refractivity contribution >= 4 is 5.91 Å². The maximum absolute atomic E-state index is 12.3. The lowest BCUT2D eigenvalue weighted by Crippen LogP contribution is -2.48. The van der Waals surface area contributed by atoms with Crippen LogP contribution in [0.3, 0.4) is 0 Å². The van der Waals surface area contributed by atoms with Crippen molar-refractivity contribution in [2.24, 2.45) is 0 Å². The standard InChI is InChI=1S/C20H24N2O2/c23-19(17-10-5-2-6-11-17)20(24)21-18-12-7-13-22(15-18)14-16-8-3-1-4-9-16/h1-6,8-11,18-19,23H,7,12-15H2,(H,21,24)/t18-,19-/m0/s1. The van der Waals surface area contributed by atoms with Crippen LogP contribution in [0.1, 0.15) is 30.1 Å². The fourth-order valence-electron chi connectivity index (χ4n) is 3.23. The summed E-state index contributed by atoms with van der Waals surface area (Å²) >= 11 is 0. The molecule has 4 nitrogen and oxygen atoms in total. The number of carbonyl (C=O) groups excluding carboxylic acids is 1. The predicted molar refractivity (Wildman–Crippen MR) is 94.3 cm³/mol. The van der Waals surface area contributed by atoms with Crippen LogP contribution in [0.15, 0.2) is 60.7 Å². The van der Waals surface area contributed by atoms with Crippen molar-refractivity contribution in [3.05, 3.63) is 71.8 Å². The quantitative estimate of drug-likeness (QED) is 0.888. The van der Waals surface area contributed by atoms with E-state index in [0.717, 1.165) is 32.5 Å². The molecule has 1 amide bonds. The third kappa shape index (κ3) is 4.43. The number of hydrogen-bond donors (Lipinski definition) is 2. The van der Waals surface area contributed by atoms with Gasteiger partial charge >= 0.3 is 0 Å². The highest BCUT2D eigenvalue weighted by Crippen LogP contribution is 2.16. The molecule has 1 saturated heterocycles. The van der Waals surface area contributed by atoms with Crippen molar-refractivity contribution in [2.75, 3.05) is 13.1 Å². The van der Waals surface area contributed by atoms with Gasteiger partial charge in [-0.05, 0) is 30.5 Å². The van der Waals surface area contributed by atoms with E-state index >= 15 is 0 Å². The Labute approximate surface area is 143 Å². The Morgan fingerprint density at radius 2 is 1.79 bits per heavy atom. The number of aliphatic hydroxyl groups is 1. The van der Waals surface area contributed by atoms with Gasteiger partial charge in [0.2, 0.25) is 0 Å². The molecule has 0 aliphatic carbocycles. The first-order valence-corrected chi connectivity index (χ1v) is 8.52. The molecule has 0 spiro atoms. The Hall–Kier alpha value is -2.17. The Morgan fingerprint density at radius 3 is 2.50 bits per heavy atom. The van der Waals surface area contributed by atoms with Gasteiger partial charge in [0, 0.05) is 19.1 Å². The maximum Gasteiger partial charge on any atom is 0.253 e. The number of benzene rings is 2. The number of rotatable bonds is 5. The molecule has 0 bridgehead atoms. The Kier molecular flexibility index (Phi) is 5.62. The summed E-state index contributed by atoms with van der Waals surface area (Å²) in [5.41, 5.74) is 1.92. The van der Waals surface area contributed by atoms with E-state index in [9.17, 15) is 9.90 Å². The van der Waals surface area contributed by atoms with E-state index in [0.29, 0.717) is 5.56 Å². The third-order valence-electron chi connectivity index (χ3n) is 4.46. The van der Waals surface area contributed by atoms with E-state index in [4.69, 9.17) is 0 Å². The van der Waals surface area contributed by atoms with Gasteiger partial charge in [-0.15, -0.1) is 0 Å². The molecule has 126 valence electrons. The molecule has 2 aromatic carbocycles. The van der Waals surface area contributed by atoms with E-state index in [1.54, 1.807) is 12.1 Å². The zero-order valence-electron chi connectivity index (χ0n) is 13.8. The molecule has 0 aromatic heterocycles. The number of likely N-dealkylation sites (tertiary alicyclic amines) is 1. The molecule has 2 atom stereocenters. The molecule has 2 N–H and O–H groups in total. The highest BCUT2D eigenvalue weighted by molar-refractivity contribution is 5.82. The lowest BCUT2D eigenvalue weighted by atomic mass is 10.0. The van der Waals surface area contributed by atoms with Gasteiger partial charge in [-0.3, -0.25) is 9.69 Å². The number of carbonyl (C=O) groups is 1. The minimum absolute atomic E-state index is 0.0910. The monoisotopic (exact) mass is 324 g/mol. The van der Waals surface area contributed by atoms with Gasteiger partial charge in [-0.2, -0.15) is 0 Å². The predicted octanol–water partition coefficient (Wildman–Crippen LogP) is 2.50. The number of nitrogens with one attached hydrogen (secondary N) is 1. The molecule has 0 radical (unpaired) electrons. The van der Waals surface area contributed by atoms with Crippen LogP contribution in [0, 0.1) is 0 Å². The third-order valence-corrected chi connectivity index (χ3v) is 4.46. The van der Waals surface area contributed by atoms with Crippen molar-refractivity contribution in [1.29, 1.82) is 0 Å². The number of nitrogens with zero attached hydrogens (tertiary/aromatic N) is 1. The van der Waals surface area contributed by atoms with E-state index in [1.165, 1.54) is 5.56 Å². The molecule has 4 heteroatoms. The highest BCUT2D eigenvalue weighted by Gasteiger charge is 2.24. The lowest BCUT2D eigenvalue weighted by Gasteiger charge is -2.33. The molecule has 1 aliphatic rings. The van der Waals surface area contributed by atoms with Crippen LogP contribution >= 0.6 is 0 Å². The summed E-state index contributed by atoms with van der Waals surface area (Å²) in [4.78, 5) is 14.7. The van der Waals surface area contributed by atoms with E-state index in [2.05, 4.69) is 34.5 Å². The second kappa shape index (κ2) is 8.08. The Morgan fingerprint density at radius 1 is 1.12 bits per heavy atom. The molecule has 24 heavy (non-hydrogen) atoms. The summed E-state index contributed by atoms with van der Waals surface area (Å²) in [6.07, 6.45) is 0.910. The number of piperidine rings is 1. The number of hydrogen-bond acceptors (Lipinski definition) is 3. The fourth-order valence-corrected chi connectivity index (χ4v) is 3.23. The van der Waals surface area contributed by atoms with Crippen LogP contribution in [-0.4, -0.2) is 35.0 Å². The fraction of sp³-hybridized carbons (Fsp3) is 0.350. The highest BCUT2D eigenvalue weighted by atomic mass is 16.3. The van der Waals surface area contributed by atoms with Crippen LogP contribution in [0.2, 0.25) is 0 Å². The van der Waals surface area contributed by atoms with E-state index in [1.807, 2.05) is 24.3 Å². The number of amides is 1. The Bertz CT molecular complexity index is 645. The zero-order chi connectivity index (χ0) is 16.8. The van der Waals surface area contributed by atoms with Gasteiger partial charge in [-0.1, -0.05) is 60.7 Å². The minimum Gasteiger partial charge on any atom is -0.378 e. The minimum atomic E-state index is -1.10. The molecular weight excluding hydrogens is 300 g/mol. The normalized spacial score (nSPS) is 19.6. The first-order valence-electron chi connectivity index (χ1n) is 8.52. The maximum atomic E-state index is 12.3. The summed E-state index contributed by atoms with van der Waals surface area (Å²) in [5, 5.41) is 13.2. The SMILES string of the molecule is O=C(N[C@H]1CCCN(Cc2ccccc2)C1)[C@@H](O)c1ccccc1. The summed E-state index contributed by atoms with van der Waals surface area (Å²) in [5.74, 6) is -0.312. The number of aliphatic hydroxyl groups excluding tert-OH is 1. The van der Waals surface area contributed by atoms with Crippen LogP contribution in [0.4, 0.5) is 0 Å². The Balaban J connectivity index is 1.54. The van der Waals surface area contributed by atoms with Gasteiger partial charge in [0.15, 0.2) is 6.10 Å². The van der Waals surface area contributed by atoms with Crippen molar-refractivity contribution < 1.29 is 9.90 Å². The molecule has 1 heterocycles. The van der Waals surface area contributed by atoms with Gasteiger partial charge in [0.1, 0.15) is 0 Å². The van der Waals surface area contributed by atoms with Crippen molar-refractivity contribution in [2.45, 2.75) is 31.5 Å². The van der Waals surface area contributed by atoms with Crippen molar-refractivity contribution in [1.82, 2.24) is 10.2 Å². The zero-order valence-corrected chi connectivity index (χ0v) is 13.8. The van der Waals surface area contributed by atoms with Crippen LogP contribution in [0.5, 0.6) is 0 Å². The summed E-state index contributed by atoms with van der Waals surface area (Å²) in [7, 11) is 0. The molecule has 2 aromatic rings. The van der Waals surface area contributed by atoms with Crippen molar-refractivity contribution in [3.8, 4) is 0 Å². The first-order chi connectivity index (χ1) is 11.7. The first kappa shape index (κ1) is 16.7. The molecule has 3 rings (SSSR count). The molecule has 1 aliphatic heterocycles. The van der Waals surface area contributed by atoms with Crippen LogP contribution < -0.4 is 5.32 Å². The second-order valence-electron chi connectivity index (χ2n) is 6.38. The average Bonchev–Trinajstić information content (AvgIpc) is 2.63. The molecule has 1 fully saturated rings. The topological polar surface area (TPSA) is 52.6 Å². The molecule has 0 saturated carbocycles. The second-order valence-corrected chi connectivity index (χ2v) is 6.38. The van der Waals surface area contributed by atoms with Crippen molar-refractivity contribution in [3.63, 3.8) is 0 Å².